The number of amides is 1. The Morgan fingerprint density at radius 3 is 2.48 bits per heavy atom. The Kier molecular flexibility index (Phi) is 6.68. The van der Waals surface area contributed by atoms with Crippen molar-refractivity contribution in [2.75, 3.05) is 6.67 Å². The molecule has 2 atom stereocenters. The molecule has 1 N–H and O–H groups in total. The number of carbonyl (C=O) groups excluding carboxylic acids is 1. The molecule has 33 heavy (non-hydrogen) atoms. The van der Waals surface area contributed by atoms with Crippen molar-refractivity contribution in [3.8, 4) is 11.4 Å². The number of fused-ring (bicyclic) bond motifs is 1. The number of ether oxygens (including phenoxy) is 1. The van der Waals surface area contributed by atoms with Crippen molar-refractivity contribution in [3.05, 3.63) is 89.9 Å². The summed E-state index contributed by atoms with van der Waals surface area (Å²) in [7, 11) is 0. The molecule has 0 radical (unpaired) electrons. The molecular formula is C26H25F2N3O2. The zero-order chi connectivity index (χ0) is 23.4. The highest BCUT2D eigenvalue weighted by molar-refractivity contribution is 5.81. The lowest BCUT2D eigenvalue weighted by Gasteiger charge is -2.26. The van der Waals surface area contributed by atoms with Crippen LogP contribution in [0.15, 0.2) is 72.9 Å². The smallest absolute Gasteiger partial charge is 0.251 e. The van der Waals surface area contributed by atoms with Gasteiger partial charge >= 0.3 is 0 Å². The van der Waals surface area contributed by atoms with Gasteiger partial charge in [-0.15, -0.1) is 0 Å². The van der Waals surface area contributed by atoms with Gasteiger partial charge in [0.1, 0.15) is 17.7 Å². The summed E-state index contributed by atoms with van der Waals surface area (Å²) in [5.74, 6) is -0.401. The Labute approximate surface area is 191 Å². The van der Waals surface area contributed by atoms with Gasteiger partial charge in [0.2, 0.25) is 0 Å². The van der Waals surface area contributed by atoms with Crippen molar-refractivity contribution in [2.24, 2.45) is 0 Å². The predicted octanol–water partition coefficient (Wildman–Crippen LogP) is 5.32. The van der Waals surface area contributed by atoms with Gasteiger partial charge in [0.15, 0.2) is 6.67 Å². The van der Waals surface area contributed by atoms with Gasteiger partial charge in [-0.3, -0.25) is 4.79 Å². The van der Waals surface area contributed by atoms with E-state index in [0.717, 1.165) is 28.6 Å². The number of halogens is 2. The van der Waals surface area contributed by atoms with Gasteiger partial charge < -0.3 is 10.1 Å². The third-order valence-electron chi connectivity index (χ3n) is 5.55. The lowest BCUT2D eigenvalue weighted by atomic mass is 10.0. The van der Waals surface area contributed by atoms with Crippen molar-refractivity contribution in [2.45, 2.75) is 32.4 Å². The molecule has 4 rings (SSSR count). The molecule has 0 aliphatic rings. The summed E-state index contributed by atoms with van der Waals surface area (Å²) in [6.07, 6.45) is 2.11. The summed E-state index contributed by atoms with van der Waals surface area (Å²) in [5, 5.41) is 7.92. The Bertz CT molecular complexity index is 1240. The van der Waals surface area contributed by atoms with Gasteiger partial charge in [-0.05, 0) is 66.9 Å². The van der Waals surface area contributed by atoms with Gasteiger partial charge in [-0.2, -0.15) is 5.10 Å². The molecule has 0 aliphatic carbocycles. The van der Waals surface area contributed by atoms with Crippen LogP contribution in [0.5, 0.6) is 5.75 Å². The summed E-state index contributed by atoms with van der Waals surface area (Å²) in [4.78, 5) is 11.7. The number of rotatable bonds is 8. The normalized spacial score (nSPS) is 13.0. The number of aryl methyl sites for hydroxylation is 1. The molecule has 0 aliphatic heterocycles. The highest BCUT2D eigenvalue weighted by Gasteiger charge is 2.23. The number of hydrogen-bond donors (Lipinski definition) is 1. The molecule has 1 aromatic heterocycles. The average molecular weight is 450 g/mol. The molecule has 3 aromatic carbocycles. The van der Waals surface area contributed by atoms with Gasteiger partial charge in [-0.1, -0.05) is 31.2 Å². The topological polar surface area (TPSA) is 56.1 Å². The van der Waals surface area contributed by atoms with Crippen LogP contribution in [-0.2, 0) is 11.2 Å². The third-order valence-corrected chi connectivity index (χ3v) is 5.55. The van der Waals surface area contributed by atoms with Crippen molar-refractivity contribution in [1.29, 1.82) is 0 Å². The summed E-state index contributed by atoms with van der Waals surface area (Å²) in [6.45, 7) is 2.78. The molecular weight excluding hydrogens is 424 g/mol. The van der Waals surface area contributed by atoms with Gasteiger partial charge in [0.05, 0.1) is 23.4 Å². The van der Waals surface area contributed by atoms with Crippen molar-refractivity contribution in [1.82, 2.24) is 15.1 Å². The first-order valence-corrected chi connectivity index (χ1v) is 10.8. The number of nitrogens with zero attached hydrogens (tertiary/aromatic N) is 2. The van der Waals surface area contributed by atoms with Gasteiger partial charge in [-0.25, -0.2) is 13.5 Å². The lowest BCUT2D eigenvalue weighted by molar-refractivity contribution is -0.123. The molecule has 0 unspecified atom stereocenters. The lowest BCUT2D eigenvalue weighted by Crippen LogP contribution is -2.39. The van der Waals surface area contributed by atoms with E-state index in [-0.39, 0.29) is 5.82 Å². The molecule has 0 fully saturated rings. The minimum Gasteiger partial charge on any atom is -0.484 e. The van der Waals surface area contributed by atoms with Crippen LogP contribution in [0.3, 0.4) is 0 Å². The second-order valence-corrected chi connectivity index (χ2v) is 7.88. The highest BCUT2D eigenvalue weighted by Crippen LogP contribution is 2.29. The minimum atomic E-state index is -1.08. The molecule has 4 aromatic rings. The molecule has 5 nitrogen and oxygen atoms in total. The summed E-state index contributed by atoms with van der Waals surface area (Å²) < 4.78 is 34.1. The first-order valence-electron chi connectivity index (χ1n) is 10.8. The molecule has 1 heterocycles. The SMILES string of the molecule is CCc1ccc([C@H](Oc2ccc3c(cnn3-c3ccc(F)cc3)c2)[C@H](C)NC(=O)CF)cc1. The van der Waals surface area contributed by atoms with E-state index in [4.69, 9.17) is 4.74 Å². The molecule has 0 saturated carbocycles. The minimum absolute atomic E-state index is 0.308. The first kappa shape index (κ1) is 22.5. The van der Waals surface area contributed by atoms with E-state index >= 15 is 0 Å². The van der Waals surface area contributed by atoms with Gasteiger partial charge in [0, 0.05) is 5.39 Å². The number of nitrogens with one attached hydrogen (secondary N) is 1. The Hall–Kier alpha value is -3.74. The largest absolute Gasteiger partial charge is 0.484 e. The Morgan fingerprint density at radius 2 is 1.82 bits per heavy atom. The van der Waals surface area contributed by atoms with E-state index in [1.54, 1.807) is 29.9 Å². The Balaban J connectivity index is 1.63. The van der Waals surface area contributed by atoms with E-state index in [2.05, 4.69) is 17.3 Å². The van der Waals surface area contributed by atoms with Crippen LogP contribution < -0.4 is 10.1 Å². The van der Waals surface area contributed by atoms with Gasteiger partial charge in [0.25, 0.3) is 5.91 Å². The van der Waals surface area contributed by atoms with Crippen LogP contribution in [0.4, 0.5) is 8.78 Å². The average Bonchev–Trinajstić information content (AvgIpc) is 3.26. The van der Waals surface area contributed by atoms with E-state index < -0.39 is 24.7 Å². The van der Waals surface area contributed by atoms with Crippen LogP contribution in [0.25, 0.3) is 16.6 Å². The van der Waals surface area contributed by atoms with Crippen molar-refractivity contribution >= 4 is 16.8 Å². The fourth-order valence-corrected chi connectivity index (χ4v) is 3.79. The van der Waals surface area contributed by atoms with Crippen LogP contribution in [0.1, 0.15) is 31.1 Å². The molecule has 0 bridgehead atoms. The van der Waals surface area contributed by atoms with E-state index in [1.165, 1.54) is 17.7 Å². The Morgan fingerprint density at radius 1 is 1.09 bits per heavy atom. The second-order valence-electron chi connectivity index (χ2n) is 7.88. The van der Waals surface area contributed by atoms with Crippen LogP contribution in [-0.4, -0.2) is 28.4 Å². The molecule has 170 valence electrons. The monoisotopic (exact) mass is 449 g/mol. The predicted molar refractivity (Wildman–Crippen MR) is 124 cm³/mol. The van der Waals surface area contributed by atoms with Crippen LogP contribution >= 0.6 is 0 Å². The fraction of sp³-hybridized carbons (Fsp3) is 0.231. The third kappa shape index (κ3) is 5.03. The first-order chi connectivity index (χ1) is 16.0. The van der Waals surface area contributed by atoms with E-state index in [1.807, 2.05) is 42.5 Å². The number of benzene rings is 3. The second kappa shape index (κ2) is 9.81. The maximum absolute atomic E-state index is 13.3. The maximum atomic E-state index is 13.3. The summed E-state index contributed by atoms with van der Waals surface area (Å²) in [6, 6.07) is 19.2. The van der Waals surface area contributed by atoms with Crippen LogP contribution in [0.2, 0.25) is 0 Å². The van der Waals surface area contributed by atoms with E-state index in [9.17, 15) is 13.6 Å². The fourth-order valence-electron chi connectivity index (χ4n) is 3.79. The quantitative estimate of drug-likeness (QED) is 0.396. The summed E-state index contributed by atoms with van der Waals surface area (Å²) in [5.41, 5.74) is 3.65. The number of aromatic nitrogens is 2. The van der Waals surface area contributed by atoms with E-state index in [0.29, 0.717) is 5.75 Å². The van der Waals surface area contributed by atoms with Crippen LogP contribution in [0, 0.1) is 5.82 Å². The number of hydrogen-bond acceptors (Lipinski definition) is 3. The van der Waals surface area contributed by atoms with Crippen molar-refractivity contribution < 1.29 is 18.3 Å². The standard InChI is InChI=1S/C26H25F2N3O2/c1-3-18-4-6-19(7-5-18)26(17(2)30-25(32)15-27)33-23-12-13-24-20(14-23)16-29-31(24)22-10-8-21(28)9-11-22/h4-14,16-17,26H,3,15H2,1-2H3,(H,30,32)/t17-,26+/m0/s1. The highest BCUT2D eigenvalue weighted by atomic mass is 19.1. The molecule has 7 heteroatoms. The van der Waals surface area contributed by atoms with Crippen molar-refractivity contribution in [3.63, 3.8) is 0 Å². The zero-order valence-corrected chi connectivity index (χ0v) is 18.5. The molecule has 0 spiro atoms. The molecule has 1 amide bonds. The number of alkyl halides is 1. The zero-order valence-electron chi connectivity index (χ0n) is 18.5. The summed E-state index contributed by atoms with van der Waals surface area (Å²) >= 11 is 0. The maximum Gasteiger partial charge on any atom is 0.251 e. The molecule has 0 saturated heterocycles. The number of carbonyl (C=O) groups is 1.